The van der Waals surface area contributed by atoms with Gasteiger partial charge in [-0.15, -0.1) is 0 Å². The molecule has 0 unspecified atom stereocenters. The van der Waals surface area contributed by atoms with Crippen LogP contribution in [0.15, 0.2) is 24.3 Å². The van der Waals surface area contributed by atoms with Crippen LogP contribution in [-0.4, -0.2) is 56.0 Å². The van der Waals surface area contributed by atoms with Crippen molar-refractivity contribution in [1.82, 2.24) is 4.90 Å². The highest BCUT2D eigenvalue weighted by molar-refractivity contribution is 7.99. The maximum atomic E-state index is 11.7. The minimum Gasteiger partial charge on any atom is -0.465 e. The molecule has 1 rings (SSSR count). The van der Waals surface area contributed by atoms with Crippen LogP contribution in [0.25, 0.3) is 0 Å². The molecule has 0 saturated heterocycles. The smallest absolute Gasteiger partial charge is 0.337 e. The zero-order valence-electron chi connectivity index (χ0n) is 12.0. The monoisotopic (exact) mass is 296 g/mol. The Hall–Kier alpha value is -1.53. The molecule has 0 fully saturated rings. The number of amides is 1. The van der Waals surface area contributed by atoms with Gasteiger partial charge in [-0.2, -0.15) is 11.8 Å². The van der Waals surface area contributed by atoms with Gasteiger partial charge in [0.1, 0.15) is 0 Å². The Kier molecular flexibility index (Phi) is 7.11. The predicted molar refractivity (Wildman–Crippen MR) is 82.3 cm³/mol. The van der Waals surface area contributed by atoms with E-state index in [2.05, 4.69) is 15.0 Å². The molecule has 1 amide bonds. The molecular weight excluding hydrogens is 276 g/mol. The number of hydrogen-bond acceptors (Lipinski definition) is 5. The first-order valence-corrected chi connectivity index (χ1v) is 7.39. The van der Waals surface area contributed by atoms with Gasteiger partial charge in [0.05, 0.1) is 18.4 Å². The van der Waals surface area contributed by atoms with Gasteiger partial charge < -0.3 is 15.0 Å². The lowest BCUT2D eigenvalue weighted by molar-refractivity contribution is -0.113. The largest absolute Gasteiger partial charge is 0.465 e. The first-order valence-electron chi connectivity index (χ1n) is 6.23. The number of benzene rings is 1. The van der Waals surface area contributed by atoms with Crippen LogP contribution in [0.3, 0.4) is 0 Å². The minimum absolute atomic E-state index is 0.0421. The quantitative estimate of drug-likeness (QED) is 0.613. The molecule has 0 heterocycles. The lowest BCUT2D eigenvalue weighted by Gasteiger charge is -2.09. The third-order valence-corrected chi connectivity index (χ3v) is 3.44. The van der Waals surface area contributed by atoms with Crippen molar-refractivity contribution in [3.8, 4) is 0 Å². The van der Waals surface area contributed by atoms with Crippen LogP contribution in [0.2, 0.25) is 0 Å². The van der Waals surface area contributed by atoms with Gasteiger partial charge in [0.25, 0.3) is 0 Å². The van der Waals surface area contributed by atoms with E-state index in [1.807, 2.05) is 14.1 Å². The number of rotatable bonds is 7. The second-order valence-corrected chi connectivity index (χ2v) is 5.58. The standard InChI is InChI=1S/C14H20N2O3S/c1-16(2)8-9-20-10-13(17)15-12-6-4-11(5-7-12)14(18)19-3/h4-7H,8-10H2,1-3H3,(H,15,17). The molecule has 110 valence electrons. The summed E-state index contributed by atoms with van der Waals surface area (Å²) in [6.45, 7) is 0.950. The maximum Gasteiger partial charge on any atom is 0.337 e. The van der Waals surface area contributed by atoms with Gasteiger partial charge in [0, 0.05) is 18.0 Å². The fourth-order valence-corrected chi connectivity index (χ4v) is 2.31. The number of ether oxygens (including phenoxy) is 1. The minimum atomic E-state index is -0.387. The zero-order valence-corrected chi connectivity index (χ0v) is 12.8. The SMILES string of the molecule is COC(=O)c1ccc(NC(=O)CSCCN(C)C)cc1. The van der Waals surface area contributed by atoms with E-state index in [0.717, 1.165) is 12.3 Å². The first-order chi connectivity index (χ1) is 9.52. The summed E-state index contributed by atoms with van der Waals surface area (Å²) in [5.41, 5.74) is 1.14. The number of hydrogen-bond donors (Lipinski definition) is 1. The molecule has 0 radical (unpaired) electrons. The second-order valence-electron chi connectivity index (χ2n) is 4.47. The summed E-state index contributed by atoms with van der Waals surface area (Å²) in [4.78, 5) is 25.0. The van der Waals surface area contributed by atoms with Crippen LogP contribution in [0.4, 0.5) is 5.69 Å². The lowest BCUT2D eigenvalue weighted by Crippen LogP contribution is -2.18. The molecule has 0 aliphatic carbocycles. The molecule has 0 spiro atoms. The second kappa shape index (κ2) is 8.60. The summed E-state index contributed by atoms with van der Waals surface area (Å²) in [5, 5.41) is 2.79. The van der Waals surface area contributed by atoms with Crippen LogP contribution >= 0.6 is 11.8 Å². The Morgan fingerprint density at radius 1 is 1.25 bits per heavy atom. The van der Waals surface area contributed by atoms with Crippen LogP contribution in [0.1, 0.15) is 10.4 Å². The Labute approximate surface area is 123 Å². The number of nitrogens with zero attached hydrogens (tertiary/aromatic N) is 1. The summed E-state index contributed by atoms with van der Waals surface area (Å²) >= 11 is 1.59. The van der Waals surface area contributed by atoms with E-state index in [1.165, 1.54) is 7.11 Å². The third-order valence-electron chi connectivity index (χ3n) is 2.51. The van der Waals surface area contributed by atoms with Gasteiger partial charge >= 0.3 is 5.97 Å². The molecule has 0 bridgehead atoms. The van der Waals surface area contributed by atoms with Gasteiger partial charge in [-0.3, -0.25) is 4.79 Å². The number of anilines is 1. The summed E-state index contributed by atoms with van der Waals surface area (Å²) in [7, 11) is 5.34. The van der Waals surface area contributed by atoms with Gasteiger partial charge in [0.15, 0.2) is 0 Å². The number of methoxy groups -OCH3 is 1. The average molecular weight is 296 g/mol. The molecular formula is C14H20N2O3S. The van der Waals surface area contributed by atoms with Gasteiger partial charge in [0.2, 0.25) is 5.91 Å². The zero-order chi connectivity index (χ0) is 15.0. The van der Waals surface area contributed by atoms with E-state index in [-0.39, 0.29) is 11.9 Å². The molecule has 6 heteroatoms. The summed E-state index contributed by atoms with van der Waals surface area (Å²) in [5.74, 6) is 0.913. The highest BCUT2D eigenvalue weighted by Gasteiger charge is 2.06. The van der Waals surface area contributed by atoms with Crippen molar-refractivity contribution in [2.45, 2.75) is 0 Å². The van der Waals surface area contributed by atoms with E-state index in [1.54, 1.807) is 36.0 Å². The Morgan fingerprint density at radius 2 is 1.90 bits per heavy atom. The highest BCUT2D eigenvalue weighted by atomic mass is 32.2. The molecule has 0 aliphatic rings. The van der Waals surface area contributed by atoms with Crippen molar-refractivity contribution in [2.75, 3.05) is 44.6 Å². The fourth-order valence-electron chi connectivity index (χ4n) is 1.42. The van der Waals surface area contributed by atoms with Gasteiger partial charge in [-0.1, -0.05) is 0 Å². The summed E-state index contributed by atoms with van der Waals surface area (Å²) in [6.07, 6.45) is 0. The van der Waals surface area contributed by atoms with Crippen LogP contribution in [0.5, 0.6) is 0 Å². The molecule has 1 N–H and O–H groups in total. The van der Waals surface area contributed by atoms with Crippen molar-refractivity contribution < 1.29 is 14.3 Å². The molecule has 1 aromatic carbocycles. The summed E-state index contributed by atoms with van der Waals surface area (Å²) in [6, 6.07) is 6.63. The highest BCUT2D eigenvalue weighted by Crippen LogP contribution is 2.11. The fraction of sp³-hybridized carbons (Fsp3) is 0.429. The molecule has 0 aromatic heterocycles. The Bertz CT molecular complexity index is 446. The number of carbonyl (C=O) groups excluding carboxylic acids is 2. The number of esters is 1. The van der Waals surface area contributed by atoms with E-state index in [9.17, 15) is 9.59 Å². The van der Waals surface area contributed by atoms with E-state index in [0.29, 0.717) is 17.0 Å². The van der Waals surface area contributed by atoms with E-state index >= 15 is 0 Å². The molecule has 0 aliphatic heterocycles. The molecule has 0 saturated carbocycles. The molecule has 5 nitrogen and oxygen atoms in total. The average Bonchev–Trinajstić information content (AvgIpc) is 2.43. The molecule has 0 atom stereocenters. The van der Waals surface area contributed by atoms with Crippen molar-refractivity contribution in [3.63, 3.8) is 0 Å². The first kappa shape index (κ1) is 16.5. The van der Waals surface area contributed by atoms with Gasteiger partial charge in [-0.25, -0.2) is 4.79 Å². The molecule has 1 aromatic rings. The van der Waals surface area contributed by atoms with E-state index < -0.39 is 0 Å². The van der Waals surface area contributed by atoms with Crippen molar-refractivity contribution in [2.24, 2.45) is 0 Å². The third kappa shape index (κ3) is 6.08. The number of carbonyl (C=O) groups is 2. The number of thioether (sulfide) groups is 1. The Morgan fingerprint density at radius 3 is 2.45 bits per heavy atom. The van der Waals surface area contributed by atoms with Gasteiger partial charge in [-0.05, 0) is 38.4 Å². The Balaban J connectivity index is 2.36. The topological polar surface area (TPSA) is 58.6 Å². The summed E-state index contributed by atoms with van der Waals surface area (Å²) < 4.78 is 4.61. The van der Waals surface area contributed by atoms with Crippen LogP contribution in [-0.2, 0) is 9.53 Å². The van der Waals surface area contributed by atoms with Crippen molar-refractivity contribution in [3.05, 3.63) is 29.8 Å². The predicted octanol–water partition coefficient (Wildman–Crippen LogP) is 1.71. The normalized spacial score (nSPS) is 10.4. The van der Waals surface area contributed by atoms with Crippen LogP contribution < -0.4 is 5.32 Å². The van der Waals surface area contributed by atoms with Crippen LogP contribution in [0, 0.1) is 0 Å². The maximum absolute atomic E-state index is 11.7. The van der Waals surface area contributed by atoms with Crippen molar-refractivity contribution >= 4 is 29.3 Å². The van der Waals surface area contributed by atoms with Crippen molar-refractivity contribution in [1.29, 1.82) is 0 Å². The number of nitrogens with one attached hydrogen (secondary N) is 1. The molecule has 20 heavy (non-hydrogen) atoms. The lowest BCUT2D eigenvalue weighted by atomic mass is 10.2. The van der Waals surface area contributed by atoms with E-state index in [4.69, 9.17) is 0 Å².